The predicted octanol–water partition coefficient (Wildman–Crippen LogP) is 0.0739. The summed E-state index contributed by atoms with van der Waals surface area (Å²) in [4.78, 5) is 0. The van der Waals surface area contributed by atoms with Crippen LogP contribution >= 0.6 is 0 Å². The highest BCUT2D eigenvalue weighted by Crippen LogP contribution is 2.05. The van der Waals surface area contributed by atoms with E-state index in [1.54, 1.807) is 6.92 Å². The summed E-state index contributed by atoms with van der Waals surface area (Å²) in [6, 6.07) is -0.0116. The predicted molar refractivity (Wildman–Crippen MR) is 39.2 cm³/mol. The third-order valence-corrected chi connectivity index (χ3v) is 2.48. The lowest BCUT2D eigenvalue weighted by Gasteiger charge is -2.16. The first-order valence-electron chi connectivity index (χ1n) is 3.07. The van der Waals surface area contributed by atoms with Crippen molar-refractivity contribution in [2.45, 2.75) is 26.3 Å². The maximum atomic E-state index is 10.8. The molecule has 0 radical (unpaired) electrons. The fourth-order valence-corrected chi connectivity index (χ4v) is 2.14. The lowest BCUT2D eigenvalue weighted by molar-refractivity contribution is 0.560. The lowest BCUT2D eigenvalue weighted by Crippen LogP contribution is -2.36. The largest absolute Gasteiger partial charge is 0.319 e. The van der Waals surface area contributed by atoms with Crippen molar-refractivity contribution in [2.24, 2.45) is 4.40 Å². The van der Waals surface area contributed by atoms with E-state index < -0.39 is 10.2 Å². The molecule has 0 fully saturated rings. The average Bonchev–Trinajstić information content (AvgIpc) is 1.54. The van der Waals surface area contributed by atoms with E-state index >= 15 is 0 Å². The van der Waals surface area contributed by atoms with Gasteiger partial charge in [0.2, 0.25) is 0 Å². The van der Waals surface area contributed by atoms with Gasteiger partial charge in [0, 0.05) is 18.2 Å². The number of nitrogens with one attached hydrogen (secondary N) is 1. The van der Waals surface area contributed by atoms with Crippen molar-refractivity contribution in [3.8, 4) is 0 Å². The zero-order valence-corrected chi connectivity index (χ0v) is 6.77. The number of rotatable bonds is 0. The highest BCUT2D eigenvalue weighted by Gasteiger charge is 2.19. The van der Waals surface area contributed by atoms with Crippen LogP contribution in [-0.4, -0.2) is 20.2 Å². The first kappa shape index (κ1) is 7.68. The molecule has 1 atom stereocenters. The third-order valence-electron chi connectivity index (χ3n) is 1.23. The van der Waals surface area contributed by atoms with Gasteiger partial charge in [0.25, 0.3) is 0 Å². The summed E-state index contributed by atoms with van der Waals surface area (Å²) in [6.07, 6.45) is 0.708. The van der Waals surface area contributed by atoms with Gasteiger partial charge in [0.15, 0.2) is 0 Å². The van der Waals surface area contributed by atoms with Crippen molar-refractivity contribution in [2.75, 3.05) is 0 Å². The van der Waals surface area contributed by atoms with Crippen LogP contribution in [0.25, 0.3) is 0 Å². The second kappa shape index (κ2) is 2.32. The van der Waals surface area contributed by atoms with Crippen LogP contribution in [0.2, 0.25) is 0 Å². The molecule has 0 saturated carbocycles. The van der Waals surface area contributed by atoms with Gasteiger partial charge in [0.1, 0.15) is 0 Å². The quantitative estimate of drug-likeness (QED) is 0.548. The Labute approximate surface area is 60.5 Å². The normalized spacial score (nSPS) is 31.4. The molecule has 1 N–H and O–H groups in total. The van der Waals surface area contributed by atoms with Gasteiger partial charge in [-0.15, -0.1) is 0 Å². The second-order valence-electron chi connectivity index (χ2n) is 2.52. The molecular weight excluding hydrogens is 152 g/mol. The second-order valence-corrected chi connectivity index (χ2v) is 3.89. The van der Waals surface area contributed by atoms with E-state index in [0.717, 1.165) is 0 Å². The minimum atomic E-state index is -3.34. The minimum absolute atomic E-state index is 0.0116. The van der Waals surface area contributed by atoms with E-state index in [9.17, 15) is 8.42 Å². The van der Waals surface area contributed by atoms with Crippen LogP contribution < -0.4 is 4.72 Å². The van der Waals surface area contributed by atoms with Crippen molar-refractivity contribution >= 4 is 15.9 Å². The maximum Gasteiger partial charge on any atom is 0.319 e. The molecule has 10 heavy (non-hydrogen) atoms. The van der Waals surface area contributed by atoms with Crippen molar-refractivity contribution in [1.29, 1.82) is 0 Å². The van der Waals surface area contributed by atoms with E-state index in [-0.39, 0.29) is 6.04 Å². The third kappa shape index (κ3) is 1.78. The molecule has 0 bridgehead atoms. The van der Waals surface area contributed by atoms with Crippen LogP contribution in [-0.2, 0) is 10.2 Å². The van der Waals surface area contributed by atoms with E-state index in [4.69, 9.17) is 0 Å². The lowest BCUT2D eigenvalue weighted by atomic mass is 10.2. The van der Waals surface area contributed by atoms with Crippen LogP contribution in [0.1, 0.15) is 20.3 Å². The Morgan fingerprint density at radius 2 is 2.30 bits per heavy atom. The Kier molecular flexibility index (Phi) is 1.78. The monoisotopic (exact) mass is 162 g/mol. The summed E-state index contributed by atoms with van der Waals surface area (Å²) in [5, 5.41) is 0. The Balaban J connectivity index is 2.95. The number of hydrogen-bond acceptors (Lipinski definition) is 2. The molecule has 1 unspecified atom stereocenters. The van der Waals surface area contributed by atoms with Crippen molar-refractivity contribution in [3.05, 3.63) is 0 Å². The van der Waals surface area contributed by atoms with Crippen LogP contribution in [0.3, 0.4) is 0 Å². The van der Waals surface area contributed by atoms with Crippen LogP contribution in [0.15, 0.2) is 4.40 Å². The number of hydrogen-bond donors (Lipinski definition) is 1. The molecule has 0 saturated heterocycles. The summed E-state index contributed by atoms with van der Waals surface area (Å²) < 4.78 is 27.4. The van der Waals surface area contributed by atoms with E-state index in [0.29, 0.717) is 12.1 Å². The van der Waals surface area contributed by atoms with Crippen LogP contribution in [0, 0.1) is 0 Å². The number of nitrogens with zero attached hydrogens (tertiary/aromatic N) is 1. The highest BCUT2D eigenvalue weighted by atomic mass is 32.2. The Morgan fingerprint density at radius 1 is 1.70 bits per heavy atom. The van der Waals surface area contributed by atoms with E-state index in [2.05, 4.69) is 9.12 Å². The first-order chi connectivity index (χ1) is 4.49. The van der Waals surface area contributed by atoms with Gasteiger partial charge in [-0.2, -0.15) is 17.5 Å². The van der Waals surface area contributed by atoms with Gasteiger partial charge in [-0.1, -0.05) is 0 Å². The summed E-state index contributed by atoms with van der Waals surface area (Å²) in [7, 11) is -3.34. The van der Waals surface area contributed by atoms with Crippen molar-refractivity contribution < 1.29 is 8.42 Å². The maximum absolute atomic E-state index is 10.8. The molecule has 0 aromatic carbocycles. The smallest absolute Gasteiger partial charge is 0.193 e. The van der Waals surface area contributed by atoms with Gasteiger partial charge in [0.05, 0.1) is 0 Å². The molecule has 0 aromatic rings. The van der Waals surface area contributed by atoms with Gasteiger partial charge in [-0.3, -0.25) is 0 Å². The molecule has 5 heteroatoms. The summed E-state index contributed by atoms with van der Waals surface area (Å²) in [6.45, 7) is 3.53. The molecule has 4 nitrogen and oxygen atoms in total. The van der Waals surface area contributed by atoms with Crippen LogP contribution in [0.4, 0.5) is 0 Å². The van der Waals surface area contributed by atoms with Crippen molar-refractivity contribution in [1.82, 2.24) is 4.72 Å². The highest BCUT2D eigenvalue weighted by molar-refractivity contribution is 7.88. The topological polar surface area (TPSA) is 58.5 Å². The molecule has 0 amide bonds. The molecule has 1 heterocycles. The minimum Gasteiger partial charge on any atom is -0.193 e. The fourth-order valence-electron chi connectivity index (χ4n) is 1.01. The molecule has 0 aromatic heterocycles. The molecule has 1 rings (SSSR count). The van der Waals surface area contributed by atoms with E-state index in [1.807, 2.05) is 6.92 Å². The standard InChI is InChI=1S/C5H10N2O2S/c1-4-3-5(2)7-10(8,9)6-4/h4,6H,3H2,1-2H3. The summed E-state index contributed by atoms with van der Waals surface area (Å²) in [5.41, 5.74) is 0.672. The first-order valence-corrected chi connectivity index (χ1v) is 4.51. The van der Waals surface area contributed by atoms with Gasteiger partial charge in [-0.25, -0.2) is 0 Å². The van der Waals surface area contributed by atoms with Gasteiger partial charge < -0.3 is 0 Å². The molecule has 0 spiro atoms. The van der Waals surface area contributed by atoms with Gasteiger partial charge in [-0.05, 0) is 13.8 Å². The van der Waals surface area contributed by atoms with Gasteiger partial charge >= 0.3 is 10.2 Å². The Hall–Kier alpha value is -0.420. The molecule has 1 aliphatic rings. The average molecular weight is 162 g/mol. The summed E-state index contributed by atoms with van der Waals surface area (Å²) >= 11 is 0. The fraction of sp³-hybridized carbons (Fsp3) is 0.800. The Morgan fingerprint density at radius 3 is 2.70 bits per heavy atom. The van der Waals surface area contributed by atoms with Crippen LogP contribution in [0.5, 0.6) is 0 Å². The SMILES string of the molecule is CC1=NS(=O)(=O)NC(C)C1. The molecular formula is C5H10N2O2S. The molecule has 1 aliphatic heterocycles. The molecule has 0 aliphatic carbocycles. The Bertz CT molecular complexity index is 255. The summed E-state index contributed by atoms with van der Waals surface area (Å²) in [5.74, 6) is 0. The zero-order valence-electron chi connectivity index (χ0n) is 5.96. The zero-order chi connectivity index (χ0) is 7.78. The molecule has 58 valence electrons. The van der Waals surface area contributed by atoms with Crippen molar-refractivity contribution in [3.63, 3.8) is 0 Å². The van der Waals surface area contributed by atoms with E-state index in [1.165, 1.54) is 0 Å².